The number of hydrogen-bond donors (Lipinski definition) is 0. The minimum absolute atomic E-state index is 0.293. The molecule has 3 rings (SSSR count). The molecule has 1 aliphatic heterocycles. The molecule has 0 saturated carbocycles. The lowest BCUT2D eigenvalue weighted by Gasteiger charge is -2.08. The zero-order valence-electron chi connectivity index (χ0n) is 10.5. The molecule has 0 saturated heterocycles. The van der Waals surface area contributed by atoms with Crippen LogP contribution in [-0.2, 0) is 6.42 Å². The van der Waals surface area contributed by atoms with Crippen LogP contribution in [0.15, 0.2) is 40.9 Å². The minimum atomic E-state index is 0.293. The summed E-state index contributed by atoms with van der Waals surface area (Å²) in [6.45, 7) is 0.293. The van der Waals surface area contributed by atoms with E-state index in [0.717, 1.165) is 33.7 Å². The lowest BCUT2D eigenvalue weighted by Crippen LogP contribution is -1.95. The Balaban J connectivity index is 1.90. The number of fused-ring (bicyclic) bond motifs is 1. The van der Waals surface area contributed by atoms with Crippen LogP contribution in [0.25, 0.3) is 0 Å². The molecule has 0 aliphatic carbocycles. The molecule has 0 fully saturated rings. The van der Waals surface area contributed by atoms with Crippen molar-refractivity contribution >= 4 is 15.9 Å². The van der Waals surface area contributed by atoms with E-state index in [9.17, 15) is 0 Å². The molecular weight excluding hydrogens is 308 g/mol. The molecule has 0 radical (unpaired) electrons. The van der Waals surface area contributed by atoms with Crippen molar-refractivity contribution in [2.45, 2.75) is 6.42 Å². The third kappa shape index (κ3) is 2.54. The summed E-state index contributed by atoms with van der Waals surface area (Å²) in [5.41, 5.74) is 2.32. The topological polar surface area (TPSA) is 27.7 Å². The number of methoxy groups -OCH3 is 1. The van der Waals surface area contributed by atoms with Gasteiger partial charge in [0.05, 0.1) is 7.11 Å². The third-order valence-electron chi connectivity index (χ3n) is 3.07. The Hall–Kier alpha value is -1.68. The predicted molar refractivity (Wildman–Crippen MR) is 76.1 cm³/mol. The summed E-state index contributed by atoms with van der Waals surface area (Å²) in [6, 6.07) is 12.0. The summed E-state index contributed by atoms with van der Waals surface area (Å²) in [5.74, 6) is 2.51. The van der Waals surface area contributed by atoms with Crippen LogP contribution < -0.4 is 14.2 Å². The van der Waals surface area contributed by atoms with Gasteiger partial charge in [-0.2, -0.15) is 0 Å². The summed E-state index contributed by atoms with van der Waals surface area (Å²) in [5, 5.41) is 0. The van der Waals surface area contributed by atoms with Gasteiger partial charge in [-0.05, 0) is 29.8 Å². The standard InChI is InChI=1S/C15H13BrO3/c1-17-13-4-2-10(3-5-13)6-11-7-12(16)8-14-15(11)19-9-18-14/h2-5,7-8H,6,9H2,1H3. The van der Waals surface area contributed by atoms with E-state index in [0.29, 0.717) is 6.79 Å². The molecule has 0 atom stereocenters. The van der Waals surface area contributed by atoms with E-state index < -0.39 is 0 Å². The highest BCUT2D eigenvalue weighted by atomic mass is 79.9. The molecule has 0 unspecified atom stereocenters. The molecule has 0 aromatic heterocycles. The number of rotatable bonds is 3. The number of halogens is 1. The first-order valence-corrected chi connectivity index (χ1v) is 6.76. The van der Waals surface area contributed by atoms with E-state index in [-0.39, 0.29) is 0 Å². The third-order valence-corrected chi connectivity index (χ3v) is 3.53. The maximum absolute atomic E-state index is 5.53. The zero-order chi connectivity index (χ0) is 13.2. The molecule has 0 bridgehead atoms. The fraction of sp³-hybridized carbons (Fsp3) is 0.200. The second-order valence-electron chi connectivity index (χ2n) is 4.32. The first-order chi connectivity index (χ1) is 9.26. The van der Waals surface area contributed by atoms with E-state index in [2.05, 4.69) is 34.1 Å². The first kappa shape index (κ1) is 12.4. The summed E-state index contributed by atoms with van der Waals surface area (Å²) in [7, 11) is 1.67. The highest BCUT2D eigenvalue weighted by molar-refractivity contribution is 9.10. The molecular formula is C15H13BrO3. The van der Waals surface area contributed by atoms with Crippen molar-refractivity contribution in [3.8, 4) is 17.2 Å². The SMILES string of the molecule is COc1ccc(Cc2cc(Br)cc3c2OCO3)cc1. The monoisotopic (exact) mass is 320 g/mol. The molecule has 2 aromatic rings. The molecule has 4 heteroatoms. The van der Waals surface area contributed by atoms with Crippen LogP contribution in [0.1, 0.15) is 11.1 Å². The van der Waals surface area contributed by atoms with E-state index in [1.54, 1.807) is 7.11 Å². The van der Waals surface area contributed by atoms with Crippen molar-refractivity contribution in [2.24, 2.45) is 0 Å². The highest BCUT2D eigenvalue weighted by Crippen LogP contribution is 2.39. The average Bonchev–Trinajstić information content (AvgIpc) is 2.88. The Morgan fingerprint density at radius 1 is 1.16 bits per heavy atom. The molecule has 2 aromatic carbocycles. The molecule has 1 aliphatic rings. The molecule has 0 amide bonds. The van der Waals surface area contributed by atoms with Crippen LogP contribution >= 0.6 is 15.9 Å². The molecule has 19 heavy (non-hydrogen) atoms. The van der Waals surface area contributed by atoms with Crippen molar-refractivity contribution in [3.63, 3.8) is 0 Å². The fourth-order valence-electron chi connectivity index (χ4n) is 2.14. The Kier molecular flexibility index (Phi) is 3.34. The highest BCUT2D eigenvalue weighted by Gasteiger charge is 2.18. The Morgan fingerprint density at radius 3 is 2.68 bits per heavy atom. The Bertz CT molecular complexity index is 593. The van der Waals surface area contributed by atoms with Gasteiger partial charge >= 0.3 is 0 Å². The molecule has 1 heterocycles. The van der Waals surface area contributed by atoms with Gasteiger partial charge in [-0.1, -0.05) is 28.1 Å². The number of ether oxygens (including phenoxy) is 3. The van der Waals surface area contributed by atoms with Crippen molar-refractivity contribution in [3.05, 3.63) is 52.0 Å². The van der Waals surface area contributed by atoms with E-state index in [4.69, 9.17) is 14.2 Å². The lowest BCUT2D eigenvalue weighted by atomic mass is 10.0. The summed E-state index contributed by atoms with van der Waals surface area (Å²) in [6.07, 6.45) is 0.801. The minimum Gasteiger partial charge on any atom is -0.497 e. The fourth-order valence-corrected chi connectivity index (χ4v) is 2.62. The normalized spacial score (nSPS) is 12.5. The van der Waals surface area contributed by atoms with Crippen molar-refractivity contribution in [1.82, 2.24) is 0 Å². The predicted octanol–water partition coefficient (Wildman–Crippen LogP) is 3.78. The van der Waals surface area contributed by atoms with Gasteiger partial charge in [-0.3, -0.25) is 0 Å². The van der Waals surface area contributed by atoms with Gasteiger partial charge in [0.2, 0.25) is 6.79 Å². The van der Waals surface area contributed by atoms with Crippen LogP contribution in [0.3, 0.4) is 0 Å². The lowest BCUT2D eigenvalue weighted by molar-refractivity contribution is 0.173. The van der Waals surface area contributed by atoms with Gasteiger partial charge in [0, 0.05) is 16.5 Å². The maximum Gasteiger partial charge on any atom is 0.231 e. The van der Waals surface area contributed by atoms with Crippen molar-refractivity contribution in [2.75, 3.05) is 13.9 Å². The van der Waals surface area contributed by atoms with Crippen molar-refractivity contribution < 1.29 is 14.2 Å². The van der Waals surface area contributed by atoms with Crippen LogP contribution in [0.2, 0.25) is 0 Å². The van der Waals surface area contributed by atoms with Crippen LogP contribution in [0.4, 0.5) is 0 Å². The van der Waals surface area contributed by atoms with E-state index >= 15 is 0 Å². The summed E-state index contributed by atoms with van der Waals surface area (Å²) >= 11 is 3.50. The number of hydrogen-bond acceptors (Lipinski definition) is 3. The van der Waals surface area contributed by atoms with Gasteiger partial charge in [-0.25, -0.2) is 0 Å². The second-order valence-corrected chi connectivity index (χ2v) is 5.24. The van der Waals surface area contributed by atoms with Crippen LogP contribution in [-0.4, -0.2) is 13.9 Å². The summed E-state index contributed by atoms with van der Waals surface area (Å²) in [4.78, 5) is 0. The Labute approximate surface area is 120 Å². The second kappa shape index (κ2) is 5.13. The smallest absolute Gasteiger partial charge is 0.231 e. The van der Waals surface area contributed by atoms with Gasteiger partial charge in [0.25, 0.3) is 0 Å². The molecule has 98 valence electrons. The Morgan fingerprint density at radius 2 is 1.95 bits per heavy atom. The molecule has 0 spiro atoms. The van der Waals surface area contributed by atoms with Crippen LogP contribution in [0, 0.1) is 0 Å². The quantitative estimate of drug-likeness (QED) is 0.861. The molecule has 3 nitrogen and oxygen atoms in total. The number of benzene rings is 2. The van der Waals surface area contributed by atoms with Crippen molar-refractivity contribution in [1.29, 1.82) is 0 Å². The van der Waals surface area contributed by atoms with Gasteiger partial charge < -0.3 is 14.2 Å². The van der Waals surface area contributed by atoms with Gasteiger partial charge in [-0.15, -0.1) is 0 Å². The zero-order valence-corrected chi connectivity index (χ0v) is 12.1. The summed E-state index contributed by atoms with van der Waals surface area (Å²) < 4.78 is 17.1. The largest absolute Gasteiger partial charge is 0.497 e. The average molecular weight is 321 g/mol. The first-order valence-electron chi connectivity index (χ1n) is 5.97. The van der Waals surface area contributed by atoms with Gasteiger partial charge in [0.1, 0.15) is 5.75 Å². The van der Waals surface area contributed by atoms with E-state index in [1.165, 1.54) is 5.56 Å². The maximum atomic E-state index is 5.53. The van der Waals surface area contributed by atoms with E-state index in [1.807, 2.05) is 18.2 Å². The van der Waals surface area contributed by atoms with Crippen LogP contribution in [0.5, 0.6) is 17.2 Å². The van der Waals surface area contributed by atoms with Gasteiger partial charge in [0.15, 0.2) is 11.5 Å². The molecule has 0 N–H and O–H groups in total.